The minimum absolute atomic E-state index is 0.233. The smallest absolute Gasteiger partial charge is 0.343 e. The van der Waals surface area contributed by atoms with Crippen molar-refractivity contribution in [1.29, 1.82) is 0 Å². The lowest BCUT2D eigenvalue weighted by Gasteiger charge is -2.10. The van der Waals surface area contributed by atoms with E-state index in [4.69, 9.17) is 14.2 Å². The number of carbonyl (C=O) groups is 3. The van der Waals surface area contributed by atoms with Crippen molar-refractivity contribution in [3.8, 4) is 17.2 Å². The summed E-state index contributed by atoms with van der Waals surface area (Å²) in [6, 6.07) is 19.9. The highest BCUT2D eigenvalue weighted by molar-refractivity contribution is 6.39. The Balaban J connectivity index is 1.62. The van der Waals surface area contributed by atoms with E-state index in [0.29, 0.717) is 34.9 Å². The summed E-state index contributed by atoms with van der Waals surface area (Å²) in [7, 11) is 1.53. The first kappa shape index (κ1) is 24.0. The Morgan fingerprint density at radius 3 is 2.26 bits per heavy atom. The molecule has 34 heavy (non-hydrogen) atoms. The Morgan fingerprint density at radius 2 is 1.56 bits per heavy atom. The minimum Gasteiger partial charge on any atom is -0.497 e. The van der Waals surface area contributed by atoms with Crippen LogP contribution < -0.4 is 25.0 Å². The molecule has 9 nitrogen and oxygen atoms in total. The van der Waals surface area contributed by atoms with Crippen LogP contribution in [0.25, 0.3) is 0 Å². The second-order valence-corrected chi connectivity index (χ2v) is 6.74. The average molecular weight is 461 g/mol. The monoisotopic (exact) mass is 461 g/mol. The van der Waals surface area contributed by atoms with E-state index < -0.39 is 17.8 Å². The van der Waals surface area contributed by atoms with Gasteiger partial charge in [0, 0.05) is 5.56 Å². The third-order valence-corrected chi connectivity index (χ3v) is 4.46. The molecule has 3 aromatic rings. The van der Waals surface area contributed by atoms with Gasteiger partial charge in [-0.15, -0.1) is 0 Å². The van der Waals surface area contributed by atoms with Gasteiger partial charge in [0.2, 0.25) is 0 Å². The Bertz CT molecular complexity index is 1190. The molecule has 0 atom stereocenters. The van der Waals surface area contributed by atoms with E-state index in [2.05, 4.69) is 15.8 Å². The second-order valence-electron chi connectivity index (χ2n) is 6.74. The quantitative estimate of drug-likeness (QED) is 0.175. The van der Waals surface area contributed by atoms with Gasteiger partial charge < -0.3 is 19.5 Å². The summed E-state index contributed by atoms with van der Waals surface area (Å²) in [5.74, 6) is -1.16. The first-order valence-electron chi connectivity index (χ1n) is 10.3. The predicted molar refractivity (Wildman–Crippen MR) is 126 cm³/mol. The third-order valence-electron chi connectivity index (χ3n) is 4.46. The van der Waals surface area contributed by atoms with Crippen molar-refractivity contribution in [1.82, 2.24) is 5.43 Å². The van der Waals surface area contributed by atoms with E-state index in [-0.39, 0.29) is 5.75 Å². The summed E-state index contributed by atoms with van der Waals surface area (Å²) < 4.78 is 15.9. The number of benzene rings is 3. The number of carbonyl (C=O) groups excluding carboxylic acids is 3. The van der Waals surface area contributed by atoms with E-state index in [0.717, 1.165) is 0 Å². The van der Waals surface area contributed by atoms with Crippen LogP contribution in [0.1, 0.15) is 22.8 Å². The number of esters is 1. The standard InChI is InChI=1S/C25H23N3O6/c1-3-33-22-11-7-5-9-20(22)27-23(29)24(30)28-26-16-18-8-4-6-10-21(18)34-25(31)17-12-14-19(32-2)15-13-17/h4-16H,3H2,1-2H3,(H,27,29)(H,28,30)/b26-16+. The van der Waals surface area contributed by atoms with Crippen LogP contribution in [-0.2, 0) is 9.59 Å². The summed E-state index contributed by atoms with van der Waals surface area (Å²) in [5.41, 5.74) is 3.28. The molecule has 0 spiro atoms. The highest BCUT2D eigenvalue weighted by Gasteiger charge is 2.15. The van der Waals surface area contributed by atoms with Gasteiger partial charge in [-0.1, -0.05) is 24.3 Å². The number of hydrogen-bond donors (Lipinski definition) is 2. The summed E-state index contributed by atoms with van der Waals surface area (Å²) in [6.07, 6.45) is 1.27. The maximum absolute atomic E-state index is 12.4. The molecule has 0 radical (unpaired) electrons. The maximum Gasteiger partial charge on any atom is 0.343 e. The fourth-order valence-corrected chi connectivity index (χ4v) is 2.81. The highest BCUT2D eigenvalue weighted by Crippen LogP contribution is 2.23. The average Bonchev–Trinajstić information content (AvgIpc) is 2.86. The van der Waals surface area contributed by atoms with Gasteiger partial charge in [0.1, 0.15) is 17.2 Å². The van der Waals surface area contributed by atoms with Gasteiger partial charge in [-0.2, -0.15) is 5.10 Å². The molecule has 0 fully saturated rings. The molecule has 9 heteroatoms. The number of ether oxygens (including phenoxy) is 3. The fourth-order valence-electron chi connectivity index (χ4n) is 2.81. The largest absolute Gasteiger partial charge is 0.497 e. The van der Waals surface area contributed by atoms with E-state index >= 15 is 0 Å². The topological polar surface area (TPSA) is 115 Å². The van der Waals surface area contributed by atoms with Gasteiger partial charge in [-0.3, -0.25) is 9.59 Å². The molecule has 0 aliphatic heterocycles. The number of para-hydroxylation sites is 3. The number of methoxy groups -OCH3 is 1. The van der Waals surface area contributed by atoms with Crippen molar-refractivity contribution < 1.29 is 28.6 Å². The zero-order chi connectivity index (χ0) is 24.3. The normalized spacial score (nSPS) is 10.4. The molecule has 0 saturated carbocycles. The molecule has 0 heterocycles. The number of rotatable bonds is 8. The summed E-state index contributed by atoms with van der Waals surface area (Å²) in [4.78, 5) is 36.8. The number of hydrogen-bond acceptors (Lipinski definition) is 7. The van der Waals surface area contributed by atoms with Gasteiger partial charge >= 0.3 is 17.8 Å². The lowest BCUT2D eigenvalue weighted by atomic mass is 10.2. The van der Waals surface area contributed by atoms with E-state index in [1.54, 1.807) is 72.8 Å². The van der Waals surface area contributed by atoms with Crippen molar-refractivity contribution in [3.63, 3.8) is 0 Å². The Morgan fingerprint density at radius 1 is 0.882 bits per heavy atom. The van der Waals surface area contributed by atoms with E-state index in [1.165, 1.54) is 13.3 Å². The molecule has 2 amide bonds. The van der Waals surface area contributed by atoms with Crippen LogP contribution in [0.3, 0.4) is 0 Å². The highest BCUT2D eigenvalue weighted by atomic mass is 16.5. The van der Waals surface area contributed by atoms with Gasteiger partial charge in [0.05, 0.1) is 31.2 Å². The lowest BCUT2D eigenvalue weighted by molar-refractivity contribution is -0.136. The van der Waals surface area contributed by atoms with E-state index in [9.17, 15) is 14.4 Å². The Kier molecular flexibility index (Phi) is 8.34. The lowest BCUT2D eigenvalue weighted by Crippen LogP contribution is -2.32. The van der Waals surface area contributed by atoms with Gasteiger partial charge in [0.15, 0.2) is 0 Å². The SMILES string of the molecule is CCOc1ccccc1NC(=O)C(=O)N/N=C/c1ccccc1OC(=O)c1ccc(OC)cc1. The van der Waals surface area contributed by atoms with Gasteiger partial charge in [0.25, 0.3) is 0 Å². The molecular formula is C25H23N3O6. The van der Waals surface area contributed by atoms with Crippen LogP contribution >= 0.6 is 0 Å². The molecule has 0 aromatic heterocycles. The van der Waals surface area contributed by atoms with Crippen LogP contribution in [0, 0.1) is 0 Å². The Hall–Kier alpha value is -4.66. The van der Waals surface area contributed by atoms with Crippen molar-refractivity contribution in [2.24, 2.45) is 5.10 Å². The predicted octanol–water partition coefficient (Wildman–Crippen LogP) is 3.40. The van der Waals surface area contributed by atoms with Crippen LogP contribution in [0.15, 0.2) is 77.9 Å². The third kappa shape index (κ3) is 6.42. The summed E-state index contributed by atoms with van der Waals surface area (Å²) in [6.45, 7) is 2.22. The van der Waals surface area contributed by atoms with Gasteiger partial charge in [-0.05, 0) is 55.5 Å². The van der Waals surface area contributed by atoms with Gasteiger partial charge in [-0.25, -0.2) is 10.2 Å². The van der Waals surface area contributed by atoms with E-state index in [1.807, 2.05) is 6.92 Å². The first-order chi connectivity index (χ1) is 16.5. The zero-order valence-electron chi connectivity index (χ0n) is 18.6. The molecule has 0 bridgehead atoms. The number of nitrogens with zero attached hydrogens (tertiary/aromatic N) is 1. The molecular weight excluding hydrogens is 438 g/mol. The summed E-state index contributed by atoms with van der Waals surface area (Å²) in [5, 5.41) is 6.28. The Labute approximate surface area is 196 Å². The van der Waals surface area contributed by atoms with Crippen LogP contribution in [0.4, 0.5) is 5.69 Å². The van der Waals surface area contributed by atoms with Crippen LogP contribution in [-0.4, -0.2) is 37.7 Å². The molecule has 0 saturated heterocycles. The van der Waals surface area contributed by atoms with Crippen LogP contribution in [0.2, 0.25) is 0 Å². The summed E-state index contributed by atoms with van der Waals surface area (Å²) >= 11 is 0. The molecule has 0 aliphatic carbocycles. The van der Waals surface area contributed by atoms with Crippen molar-refractivity contribution in [3.05, 3.63) is 83.9 Å². The number of nitrogens with one attached hydrogen (secondary N) is 2. The first-order valence-corrected chi connectivity index (χ1v) is 10.3. The van der Waals surface area contributed by atoms with Crippen molar-refractivity contribution >= 4 is 29.7 Å². The maximum atomic E-state index is 12.4. The second kappa shape index (κ2) is 11.8. The fraction of sp³-hybridized carbons (Fsp3) is 0.120. The number of anilines is 1. The number of amides is 2. The molecule has 3 rings (SSSR count). The zero-order valence-corrected chi connectivity index (χ0v) is 18.6. The van der Waals surface area contributed by atoms with Crippen molar-refractivity contribution in [2.45, 2.75) is 6.92 Å². The molecule has 3 aromatic carbocycles. The minimum atomic E-state index is -0.977. The molecule has 0 aliphatic rings. The number of hydrazone groups is 1. The van der Waals surface area contributed by atoms with Crippen molar-refractivity contribution in [2.75, 3.05) is 19.0 Å². The molecule has 2 N–H and O–H groups in total. The molecule has 0 unspecified atom stereocenters. The molecule has 174 valence electrons. The van der Waals surface area contributed by atoms with Crippen LogP contribution in [0.5, 0.6) is 17.2 Å².